The zero-order valence-corrected chi connectivity index (χ0v) is 10.8. The van der Waals surface area contributed by atoms with Gasteiger partial charge in [0.2, 0.25) is 5.91 Å². The maximum Gasteiger partial charge on any atom is 0.247 e. The van der Waals surface area contributed by atoms with Gasteiger partial charge in [0.15, 0.2) is 0 Å². The second-order valence-electron chi connectivity index (χ2n) is 4.92. The highest BCUT2D eigenvalue weighted by Gasteiger charge is 2.27. The monoisotopic (exact) mass is 251 g/mol. The fraction of sp³-hybridized carbons (Fsp3) is 0.750. The summed E-state index contributed by atoms with van der Waals surface area (Å²) in [6.07, 6.45) is 6.29. The predicted molar refractivity (Wildman–Crippen MR) is 67.7 cm³/mol. The van der Waals surface area contributed by atoms with Gasteiger partial charge in [0.25, 0.3) is 0 Å². The first kappa shape index (κ1) is 13.0. The third-order valence-electron chi connectivity index (χ3n) is 3.60. The molecule has 0 spiro atoms. The molecule has 1 amide bonds. The normalized spacial score (nSPS) is 21.9. The smallest absolute Gasteiger partial charge is 0.247 e. The lowest BCUT2D eigenvalue weighted by Crippen LogP contribution is -2.43. The van der Waals surface area contributed by atoms with E-state index in [1.807, 2.05) is 11.8 Å². The van der Waals surface area contributed by atoms with Crippen molar-refractivity contribution in [2.75, 3.05) is 19.6 Å². The lowest BCUT2D eigenvalue weighted by molar-refractivity contribution is -0.136. The number of hydrogen-bond donors (Lipinski definition) is 1. The average Bonchev–Trinajstić information content (AvgIpc) is 2.91. The number of carbonyl (C=O) groups is 1. The lowest BCUT2D eigenvalue weighted by Gasteiger charge is -2.34. The van der Waals surface area contributed by atoms with E-state index in [0.717, 1.165) is 25.9 Å². The summed E-state index contributed by atoms with van der Waals surface area (Å²) < 4.78 is 1.61. The van der Waals surface area contributed by atoms with Crippen LogP contribution >= 0.6 is 0 Å². The van der Waals surface area contributed by atoms with Crippen molar-refractivity contribution in [3.8, 4) is 0 Å². The van der Waals surface area contributed by atoms with Crippen molar-refractivity contribution in [3.63, 3.8) is 0 Å². The number of likely N-dealkylation sites (tertiary alicyclic amines) is 1. The van der Waals surface area contributed by atoms with E-state index >= 15 is 0 Å². The second kappa shape index (κ2) is 5.95. The fourth-order valence-corrected chi connectivity index (χ4v) is 2.53. The zero-order chi connectivity index (χ0) is 13.0. The van der Waals surface area contributed by atoms with Crippen molar-refractivity contribution < 1.29 is 4.79 Å². The zero-order valence-electron chi connectivity index (χ0n) is 10.8. The summed E-state index contributed by atoms with van der Waals surface area (Å²) in [5.41, 5.74) is 5.59. The summed E-state index contributed by atoms with van der Waals surface area (Å²) in [5.74, 6) is 0.679. The first-order chi connectivity index (χ1) is 8.72. The van der Waals surface area contributed by atoms with E-state index in [-0.39, 0.29) is 11.9 Å². The molecule has 0 radical (unpaired) electrons. The van der Waals surface area contributed by atoms with E-state index in [4.69, 9.17) is 5.73 Å². The SMILES string of the molecule is CC(C(=O)N1CCCC(CCN)C1)n1cncn1. The van der Waals surface area contributed by atoms with Crippen LogP contribution in [0.4, 0.5) is 0 Å². The van der Waals surface area contributed by atoms with Gasteiger partial charge in [-0.3, -0.25) is 4.79 Å². The number of aromatic nitrogens is 3. The predicted octanol–water partition coefficient (Wildman–Crippen LogP) is 0.427. The largest absolute Gasteiger partial charge is 0.341 e. The summed E-state index contributed by atoms with van der Waals surface area (Å²) in [4.78, 5) is 18.2. The van der Waals surface area contributed by atoms with Crippen molar-refractivity contribution in [2.45, 2.75) is 32.2 Å². The Labute approximate surface area is 107 Å². The van der Waals surface area contributed by atoms with Crippen molar-refractivity contribution in [1.29, 1.82) is 0 Å². The van der Waals surface area contributed by atoms with Crippen LogP contribution in [-0.2, 0) is 4.79 Å². The van der Waals surface area contributed by atoms with Crippen LogP contribution in [0.25, 0.3) is 0 Å². The van der Waals surface area contributed by atoms with Gasteiger partial charge in [-0.1, -0.05) is 0 Å². The van der Waals surface area contributed by atoms with Gasteiger partial charge >= 0.3 is 0 Å². The van der Waals surface area contributed by atoms with E-state index < -0.39 is 0 Å². The molecule has 6 heteroatoms. The van der Waals surface area contributed by atoms with Gasteiger partial charge in [0, 0.05) is 13.1 Å². The van der Waals surface area contributed by atoms with Crippen LogP contribution in [0.3, 0.4) is 0 Å². The molecule has 1 aromatic heterocycles. The van der Waals surface area contributed by atoms with E-state index in [1.165, 1.54) is 12.7 Å². The standard InChI is InChI=1S/C12H21N5O/c1-10(17-9-14-8-15-17)12(18)16-6-2-3-11(7-16)4-5-13/h8-11H,2-7,13H2,1H3. The van der Waals surface area contributed by atoms with E-state index in [9.17, 15) is 4.79 Å². The molecule has 2 rings (SSSR count). The highest BCUT2D eigenvalue weighted by molar-refractivity contribution is 5.80. The van der Waals surface area contributed by atoms with Crippen LogP contribution in [0.15, 0.2) is 12.7 Å². The van der Waals surface area contributed by atoms with Crippen LogP contribution in [0.5, 0.6) is 0 Å². The van der Waals surface area contributed by atoms with E-state index in [0.29, 0.717) is 12.5 Å². The van der Waals surface area contributed by atoms with Gasteiger partial charge < -0.3 is 10.6 Å². The Morgan fingerprint density at radius 2 is 2.44 bits per heavy atom. The van der Waals surface area contributed by atoms with Gasteiger partial charge in [-0.15, -0.1) is 0 Å². The number of piperidine rings is 1. The summed E-state index contributed by atoms with van der Waals surface area (Å²) in [7, 11) is 0. The quantitative estimate of drug-likeness (QED) is 0.841. The molecule has 1 aliphatic rings. The van der Waals surface area contributed by atoms with Crippen LogP contribution < -0.4 is 5.73 Å². The molecule has 0 saturated carbocycles. The first-order valence-corrected chi connectivity index (χ1v) is 6.55. The maximum absolute atomic E-state index is 12.4. The minimum Gasteiger partial charge on any atom is -0.341 e. The summed E-state index contributed by atoms with van der Waals surface area (Å²) in [6, 6.07) is -0.274. The Hall–Kier alpha value is -1.43. The highest BCUT2D eigenvalue weighted by atomic mass is 16.2. The van der Waals surface area contributed by atoms with Crippen molar-refractivity contribution >= 4 is 5.91 Å². The maximum atomic E-state index is 12.4. The average molecular weight is 251 g/mol. The molecule has 100 valence electrons. The summed E-state index contributed by atoms with van der Waals surface area (Å²) >= 11 is 0. The Morgan fingerprint density at radius 1 is 1.61 bits per heavy atom. The number of nitrogens with two attached hydrogens (primary N) is 1. The molecule has 2 atom stereocenters. The van der Waals surface area contributed by atoms with E-state index in [2.05, 4.69) is 10.1 Å². The first-order valence-electron chi connectivity index (χ1n) is 6.55. The van der Waals surface area contributed by atoms with Crippen molar-refractivity contribution in [3.05, 3.63) is 12.7 Å². The number of nitrogens with zero attached hydrogens (tertiary/aromatic N) is 4. The summed E-state index contributed by atoms with van der Waals surface area (Å²) in [5, 5.41) is 4.03. The van der Waals surface area contributed by atoms with Gasteiger partial charge in [0.1, 0.15) is 18.7 Å². The highest BCUT2D eigenvalue weighted by Crippen LogP contribution is 2.21. The van der Waals surface area contributed by atoms with Crippen LogP contribution in [0.1, 0.15) is 32.2 Å². The molecule has 0 aromatic carbocycles. The number of rotatable bonds is 4. The summed E-state index contributed by atoms with van der Waals surface area (Å²) in [6.45, 7) is 4.24. The van der Waals surface area contributed by atoms with Crippen LogP contribution in [0.2, 0.25) is 0 Å². The molecule has 2 N–H and O–H groups in total. The molecule has 1 saturated heterocycles. The number of hydrogen-bond acceptors (Lipinski definition) is 4. The van der Waals surface area contributed by atoms with Gasteiger partial charge in [-0.25, -0.2) is 9.67 Å². The Kier molecular flexibility index (Phi) is 4.30. The molecule has 1 fully saturated rings. The minimum absolute atomic E-state index is 0.127. The molecule has 2 heterocycles. The third-order valence-corrected chi connectivity index (χ3v) is 3.60. The topological polar surface area (TPSA) is 77.0 Å². The molecule has 0 aliphatic carbocycles. The minimum atomic E-state index is -0.274. The van der Waals surface area contributed by atoms with Crippen molar-refractivity contribution in [2.24, 2.45) is 11.7 Å². The molecule has 2 unspecified atom stereocenters. The Balaban J connectivity index is 1.96. The van der Waals surface area contributed by atoms with Gasteiger partial charge in [-0.2, -0.15) is 5.10 Å². The third kappa shape index (κ3) is 2.87. The molecule has 18 heavy (non-hydrogen) atoms. The molecule has 1 aliphatic heterocycles. The van der Waals surface area contributed by atoms with Crippen LogP contribution in [0, 0.1) is 5.92 Å². The Bertz CT molecular complexity index is 376. The van der Waals surface area contributed by atoms with Crippen LogP contribution in [-0.4, -0.2) is 45.2 Å². The molecule has 1 aromatic rings. The molecular formula is C12H21N5O. The number of amides is 1. The van der Waals surface area contributed by atoms with Gasteiger partial charge in [0.05, 0.1) is 0 Å². The fourth-order valence-electron chi connectivity index (χ4n) is 2.53. The van der Waals surface area contributed by atoms with E-state index in [1.54, 1.807) is 11.0 Å². The molecule has 0 bridgehead atoms. The lowest BCUT2D eigenvalue weighted by atomic mass is 9.94. The molecular weight excluding hydrogens is 230 g/mol. The second-order valence-corrected chi connectivity index (χ2v) is 4.92. The number of carbonyl (C=O) groups excluding carboxylic acids is 1. The molecule has 6 nitrogen and oxygen atoms in total. The van der Waals surface area contributed by atoms with Gasteiger partial charge in [-0.05, 0) is 38.6 Å². The van der Waals surface area contributed by atoms with Crippen molar-refractivity contribution in [1.82, 2.24) is 19.7 Å². The Morgan fingerprint density at radius 3 is 3.11 bits per heavy atom.